The van der Waals surface area contributed by atoms with Gasteiger partial charge in [-0.05, 0) is 31.9 Å². The van der Waals surface area contributed by atoms with Crippen LogP contribution in [0, 0.1) is 18.8 Å². The van der Waals surface area contributed by atoms with Gasteiger partial charge in [0.05, 0.1) is 16.6 Å². The summed E-state index contributed by atoms with van der Waals surface area (Å²) in [5.41, 5.74) is 2.53. The van der Waals surface area contributed by atoms with Crippen molar-refractivity contribution < 1.29 is 14.7 Å². The second kappa shape index (κ2) is 6.97. The molecule has 2 atom stereocenters. The van der Waals surface area contributed by atoms with Gasteiger partial charge in [-0.3, -0.25) is 4.79 Å². The topological polar surface area (TPSA) is 82.1 Å². The monoisotopic (exact) mass is 341 g/mol. The Balaban J connectivity index is 1.70. The van der Waals surface area contributed by atoms with Gasteiger partial charge in [0.15, 0.2) is 0 Å². The van der Waals surface area contributed by atoms with E-state index in [0.29, 0.717) is 18.5 Å². The highest BCUT2D eigenvalue weighted by Gasteiger charge is 2.29. The Morgan fingerprint density at radius 1 is 1.17 bits per heavy atom. The van der Waals surface area contributed by atoms with Crippen LogP contribution in [0.2, 0.25) is 0 Å². The molecule has 1 aromatic heterocycles. The van der Waals surface area contributed by atoms with E-state index in [1.54, 1.807) is 29.5 Å². The molecule has 0 radical (unpaired) electrons. The lowest BCUT2D eigenvalue weighted by atomic mass is 9.82. The van der Waals surface area contributed by atoms with Crippen molar-refractivity contribution in [1.29, 1.82) is 0 Å². The third-order valence-corrected chi connectivity index (χ3v) is 4.91. The van der Waals surface area contributed by atoms with Crippen LogP contribution in [0.3, 0.4) is 0 Å². The Labute approximate surface area is 144 Å². The molecule has 1 heterocycles. The number of benzene rings is 1. The Kier molecular flexibility index (Phi) is 4.76. The Morgan fingerprint density at radius 2 is 1.83 bits per heavy atom. The number of hydrogen-bond acceptors (Lipinski definition) is 5. The molecule has 0 spiro atoms. The number of aromatic nitrogens is 1. The molecular formula is C18H17N2O3S-. The zero-order chi connectivity index (χ0) is 17.1. The number of carbonyl (C=O) groups is 2. The fourth-order valence-electron chi connectivity index (χ4n) is 2.82. The maximum atomic E-state index is 12.4. The molecule has 24 heavy (non-hydrogen) atoms. The largest absolute Gasteiger partial charge is 0.550 e. The zero-order valence-electron chi connectivity index (χ0n) is 13.2. The first kappa shape index (κ1) is 16.4. The molecule has 0 saturated heterocycles. The molecule has 2 aromatic rings. The highest BCUT2D eigenvalue weighted by Crippen LogP contribution is 2.27. The first-order chi connectivity index (χ1) is 11.5. The molecule has 1 aliphatic carbocycles. The summed E-state index contributed by atoms with van der Waals surface area (Å²) in [5.74, 6) is -2.83. The van der Waals surface area contributed by atoms with Gasteiger partial charge in [-0.15, -0.1) is 11.3 Å². The number of anilines is 1. The van der Waals surface area contributed by atoms with Crippen LogP contribution in [-0.2, 0) is 9.59 Å². The number of carboxylic acid groups (broad SMARTS) is 1. The second-order valence-corrected chi connectivity index (χ2v) is 6.86. The predicted molar refractivity (Wildman–Crippen MR) is 91.3 cm³/mol. The number of amides is 1. The normalized spacial score (nSPS) is 19.9. The minimum atomic E-state index is -1.17. The van der Waals surface area contributed by atoms with Gasteiger partial charge >= 0.3 is 0 Å². The Hall–Kier alpha value is -2.47. The fourth-order valence-corrected chi connectivity index (χ4v) is 3.44. The van der Waals surface area contributed by atoms with Crippen LogP contribution in [0.5, 0.6) is 0 Å². The van der Waals surface area contributed by atoms with E-state index < -0.39 is 17.8 Å². The Bertz CT molecular complexity index is 780. The highest BCUT2D eigenvalue weighted by molar-refractivity contribution is 7.09. The molecule has 0 saturated carbocycles. The summed E-state index contributed by atoms with van der Waals surface area (Å²) in [4.78, 5) is 28.0. The number of aryl methyl sites for hydroxylation is 1. The summed E-state index contributed by atoms with van der Waals surface area (Å²) in [6.45, 7) is 1.95. The standard InChI is InChI=1S/C18H18N2O3S/c1-11-19-16(10-24-11)12-6-8-13(9-7-12)20-17(21)14-4-2-3-5-15(14)18(22)23/h2-3,6-10,14-15H,4-5H2,1H3,(H,20,21)(H,22,23)/p-1/t14-,15-/m0/s1. The van der Waals surface area contributed by atoms with E-state index in [1.807, 2.05) is 30.5 Å². The van der Waals surface area contributed by atoms with Crippen molar-refractivity contribution >= 4 is 28.9 Å². The lowest BCUT2D eigenvalue weighted by molar-refractivity contribution is -0.313. The lowest BCUT2D eigenvalue weighted by Gasteiger charge is -2.28. The number of carboxylic acids is 1. The van der Waals surface area contributed by atoms with Crippen LogP contribution in [0.4, 0.5) is 5.69 Å². The van der Waals surface area contributed by atoms with Crippen molar-refractivity contribution in [2.24, 2.45) is 11.8 Å². The average molecular weight is 341 g/mol. The first-order valence-electron chi connectivity index (χ1n) is 7.74. The molecule has 3 rings (SSSR count). The van der Waals surface area contributed by atoms with E-state index in [2.05, 4.69) is 10.3 Å². The van der Waals surface area contributed by atoms with Gasteiger partial charge in [0.1, 0.15) is 0 Å². The number of allylic oxidation sites excluding steroid dienone is 2. The van der Waals surface area contributed by atoms with Crippen LogP contribution in [-0.4, -0.2) is 16.9 Å². The Morgan fingerprint density at radius 3 is 2.42 bits per heavy atom. The maximum Gasteiger partial charge on any atom is 0.228 e. The zero-order valence-corrected chi connectivity index (χ0v) is 14.0. The number of hydrogen-bond donors (Lipinski definition) is 1. The van der Waals surface area contributed by atoms with Gasteiger partial charge in [-0.2, -0.15) is 0 Å². The molecule has 0 fully saturated rings. The van der Waals surface area contributed by atoms with Crippen molar-refractivity contribution in [2.75, 3.05) is 5.32 Å². The molecule has 0 bridgehead atoms. The maximum absolute atomic E-state index is 12.4. The summed E-state index contributed by atoms with van der Waals surface area (Å²) in [7, 11) is 0. The van der Waals surface area contributed by atoms with Crippen LogP contribution in [0.1, 0.15) is 17.8 Å². The average Bonchev–Trinajstić information content (AvgIpc) is 3.02. The van der Waals surface area contributed by atoms with Crippen molar-refractivity contribution in [1.82, 2.24) is 4.98 Å². The fraction of sp³-hybridized carbons (Fsp3) is 0.278. The molecule has 1 amide bonds. The van der Waals surface area contributed by atoms with Crippen LogP contribution >= 0.6 is 11.3 Å². The number of thiazole rings is 1. The molecule has 1 aromatic carbocycles. The first-order valence-corrected chi connectivity index (χ1v) is 8.62. The second-order valence-electron chi connectivity index (χ2n) is 5.79. The predicted octanol–water partition coefficient (Wildman–Crippen LogP) is 2.39. The van der Waals surface area contributed by atoms with E-state index in [4.69, 9.17) is 0 Å². The molecule has 0 aliphatic heterocycles. The molecule has 0 unspecified atom stereocenters. The molecular weight excluding hydrogens is 324 g/mol. The van der Waals surface area contributed by atoms with Gasteiger partial charge in [0, 0.05) is 28.5 Å². The van der Waals surface area contributed by atoms with E-state index in [0.717, 1.165) is 16.3 Å². The summed E-state index contributed by atoms with van der Waals surface area (Å²) in [6.07, 6.45) is 4.38. The molecule has 6 heteroatoms. The van der Waals surface area contributed by atoms with Gasteiger partial charge in [0.25, 0.3) is 0 Å². The number of nitrogens with one attached hydrogen (secondary N) is 1. The van der Waals surface area contributed by atoms with Crippen molar-refractivity contribution in [3.05, 3.63) is 46.8 Å². The van der Waals surface area contributed by atoms with Gasteiger partial charge in [0.2, 0.25) is 5.91 Å². The van der Waals surface area contributed by atoms with Crippen LogP contribution < -0.4 is 10.4 Å². The number of carbonyl (C=O) groups excluding carboxylic acids is 2. The van der Waals surface area contributed by atoms with Crippen molar-refractivity contribution in [2.45, 2.75) is 19.8 Å². The summed E-state index contributed by atoms with van der Waals surface area (Å²) >= 11 is 1.59. The van der Waals surface area contributed by atoms with E-state index in [1.165, 1.54) is 0 Å². The van der Waals surface area contributed by atoms with Gasteiger partial charge < -0.3 is 15.2 Å². The minimum absolute atomic E-state index is 0.286. The van der Waals surface area contributed by atoms with E-state index in [-0.39, 0.29) is 5.91 Å². The van der Waals surface area contributed by atoms with Crippen LogP contribution in [0.25, 0.3) is 11.3 Å². The van der Waals surface area contributed by atoms with Gasteiger partial charge in [-0.1, -0.05) is 24.3 Å². The smallest absolute Gasteiger partial charge is 0.228 e. The molecule has 1 aliphatic rings. The minimum Gasteiger partial charge on any atom is -0.550 e. The SMILES string of the molecule is Cc1nc(-c2ccc(NC(=O)[C@H]3CC=CC[C@@H]3C(=O)[O-])cc2)cs1. The highest BCUT2D eigenvalue weighted by atomic mass is 32.1. The third-order valence-electron chi connectivity index (χ3n) is 4.14. The lowest BCUT2D eigenvalue weighted by Crippen LogP contribution is -2.41. The number of aliphatic carboxylic acids is 1. The van der Waals surface area contributed by atoms with Crippen LogP contribution in [0.15, 0.2) is 41.8 Å². The molecule has 1 N–H and O–H groups in total. The summed E-state index contributed by atoms with van der Waals surface area (Å²) in [5, 5.41) is 17.0. The van der Waals surface area contributed by atoms with E-state index >= 15 is 0 Å². The quantitative estimate of drug-likeness (QED) is 0.866. The van der Waals surface area contributed by atoms with E-state index in [9.17, 15) is 14.7 Å². The number of nitrogens with zero attached hydrogens (tertiary/aromatic N) is 1. The van der Waals surface area contributed by atoms with Crippen molar-refractivity contribution in [3.63, 3.8) is 0 Å². The summed E-state index contributed by atoms with van der Waals surface area (Å²) < 4.78 is 0. The summed E-state index contributed by atoms with van der Waals surface area (Å²) in [6, 6.07) is 7.38. The van der Waals surface area contributed by atoms with Gasteiger partial charge in [-0.25, -0.2) is 4.98 Å². The molecule has 124 valence electrons. The molecule has 5 nitrogen and oxygen atoms in total. The number of rotatable bonds is 4. The third kappa shape index (κ3) is 3.54. The van der Waals surface area contributed by atoms with Crippen molar-refractivity contribution in [3.8, 4) is 11.3 Å².